The van der Waals surface area contributed by atoms with Crippen LogP contribution in [0.3, 0.4) is 0 Å². The van der Waals surface area contributed by atoms with E-state index >= 15 is 0 Å². The molecule has 0 aliphatic carbocycles. The largest absolute Gasteiger partial charge is 0.493 e. The lowest BCUT2D eigenvalue weighted by Gasteiger charge is -2.38. The van der Waals surface area contributed by atoms with Gasteiger partial charge >= 0.3 is 0 Å². The lowest BCUT2D eigenvalue weighted by atomic mass is 9.87. The van der Waals surface area contributed by atoms with Crippen LogP contribution in [0.4, 0.5) is 0 Å². The van der Waals surface area contributed by atoms with Crippen molar-refractivity contribution in [3.8, 4) is 23.0 Å². The highest BCUT2D eigenvalue weighted by atomic mass is 16.7. The average molecular weight is 385 g/mol. The highest BCUT2D eigenvalue weighted by molar-refractivity contribution is 5.56. The zero-order chi connectivity index (χ0) is 19.3. The minimum atomic E-state index is -0.547. The van der Waals surface area contributed by atoms with Gasteiger partial charge in [0.15, 0.2) is 29.3 Å². The summed E-state index contributed by atoms with van der Waals surface area (Å²) in [5.74, 6) is 2.85. The molecule has 3 atom stereocenters. The maximum atomic E-state index is 6.45. The second-order valence-corrected chi connectivity index (χ2v) is 7.01. The van der Waals surface area contributed by atoms with E-state index < -0.39 is 6.29 Å². The number of benzene rings is 2. The third-order valence-corrected chi connectivity index (χ3v) is 5.68. The minimum Gasteiger partial charge on any atom is -0.493 e. The highest BCUT2D eigenvalue weighted by Crippen LogP contribution is 2.53. The molecule has 2 aromatic carbocycles. The first-order chi connectivity index (χ1) is 13.7. The Morgan fingerprint density at radius 2 is 1.82 bits per heavy atom. The molecule has 0 amide bonds. The maximum absolute atomic E-state index is 6.45. The van der Waals surface area contributed by atoms with Gasteiger partial charge in [-0.15, -0.1) is 0 Å². The van der Waals surface area contributed by atoms with E-state index in [1.54, 1.807) is 21.3 Å². The third-order valence-electron chi connectivity index (χ3n) is 5.68. The van der Waals surface area contributed by atoms with E-state index in [1.165, 1.54) is 5.56 Å². The van der Waals surface area contributed by atoms with E-state index in [4.69, 9.17) is 28.4 Å². The summed E-state index contributed by atoms with van der Waals surface area (Å²) < 4.78 is 34.5. The van der Waals surface area contributed by atoms with Gasteiger partial charge in [0.05, 0.1) is 25.8 Å². The van der Waals surface area contributed by atoms with Gasteiger partial charge in [-0.25, -0.2) is 0 Å². The standard InChI is InChI=1S/C21H23NO6/c1-23-15-8-11-6-7-22-18-12-4-5-14-20(27-10-26-14)17(12)21(25-3)28-19(18)13(11)9-16(15)24-2/h4-5,8-9,18-19,21-22H,6-7,10H2,1-3H3/t18-,19-,21+/m1/s1. The summed E-state index contributed by atoms with van der Waals surface area (Å²) in [6.07, 6.45) is 0.0905. The van der Waals surface area contributed by atoms with Gasteiger partial charge in [-0.3, -0.25) is 0 Å². The topological polar surface area (TPSA) is 67.4 Å². The van der Waals surface area contributed by atoms with Crippen LogP contribution in [0.1, 0.15) is 40.7 Å². The Kier molecular flexibility index (Phi) is 4.30. The molecule has 148 valence electrons. The fourth-order valence-corrected chi connectivity index (χ4v) is 4.39. The predicted octanol–water partition coefficient (Wildman–Crippen LogP) is 3.04. The molecule has 2 aromatic rings. The first-order valence-corrected chi connectivity index (χ1v) is 9.34. The lowest BCUT2D eigenvalue weighted by Crippen LogP contribution is -2.34. The van der Waals surface area contributed by atoms with Gasteiger partial charge in [0.25, 0.3) is 0 Å². The van der Waals surface area contributed by atoms with Gasteiger partial charge in [-0.1, -0.05) is 6.07 Å². The number of fused-ring (bicyclic) bond motifs is 7. The van der Waals surface area contributed by atoms with E-state index in [2.05, 4.69) is 11.4 Å². The van der Waals surface area contributed by atoms with Crippen LogP contribution in [0.5, 0.6) is 23.0 Å². The molecule has 3 heterocycles. The number of methoxy groups -OCH3 is 3. The molecule has 0 bridgehead atoms. The third kappa shape index (κ3) is 2.54. The molecule has 0 saturated carbocycles. The Balaban J connectivity index is 1.66. The number of rotatable bonds is 3. The number of nitrogens with one attached hydrogen (secondary N) is 1. The molecule has 3 aliphatic heterocycles. The molecule has 3 aliphatic rings. The smallest absolute Gasteiger partial charge is 0.231 e. The van der Waals surface area contributed by atoms with E-state index in [0.29, 0.717) is 11.5 Å². The van der Waals surface area contributed by atoms with Crippen LogP contribution in [0, 0.1) is 0 Å². The summed E-state index contributed by atoms with van der Waals surface area (Å²) >= 11 is 0. The first-order valence-electron chi connectivity index (χ1n) is 9.34. The molecule has 7 heteroatoms. The Labute approximate surface area is 163 Å². The molecular weight excluding hydrogens is 362 g/mol. The zero-order valence-electron chi connectivity index (χ0n) is 16.1. The Morgan fingerprint density at radius 1 is 1.00 bits per heavy atom. The van der Waals surface area contributed by atoms with Crippen LogP contribution in [-0.4, -0.2) is 34.7 Å². The fourth-order valence-electron chi connectivity index (χ4n) is 4.39. The van der Waals surface area contributed by atoms with Crippen molar-refractivity contribution in [3.63, 3.8) is 0 Å². The van der Waals surface area contributed by atoms with Crippen LogP contribution in [0.25, 0.3) is 0 Å². The maximum Gasteiger partial charge on any atom is 0.231 e. The molecule has 0 fully saturated rings. The SMILES string of the molecule is COc1cc2c(cc1OC)[C@H]1O[C@H](OC)c3c(ccc4c3OCO4)[C@H]1NCC2. The Bertz CT molecular complexity index is 914. The van der Waals surface area contributed by atoms with Gasteiger partial charge in [0.2, 0.25) is 6.79 Å². The van der Waals surface area contributed by atoms with Crippen LogP contribution in [-0.2, 0) is 15.9 Å². The van der Waals surface area contributed by atoms with Crippen molar-refractivity contribution in [2.24, 2.45) is 0 Å². The number of hydrogen-bond donors (Lipinski definition) is 1. The molecule has 0 aromatic heterocycles. The van der Waals surface area contributed by atoms with Crippen LogP contribution < -0.4 is 24.3 Å². The van der Waals surface area contributed by atoms with Crippen LogP contribution in [0.2, 0.25) is 0 Å². The molecule has 5 rings (SSSR count). The van der Waals surface area contributed by atoms with E-state index in [9.17, 15) is 0 Å². The van der Waals surface area contributed by atoms with Crippen molar-refractivity contribution >= 4 is 0 Å². The van der Waals surface area contributed by atoms with Gasteiger partial charge in [-0.05, 0) is 47.9 Å². The molecule has 0 saturated heterocycles. The number of hydrogen-bond acceptors (Lipinski definition) is 7. The van der Waals surface area contributed by atoms with Gasteiger partial charge < -0.3 is 33.7 Å². The Hall–Kier alpha value is -2.48. The zero-order valence-corrected chi connectivity index (χ0v) is 16.1. The molecule has 7 nitrogen and oxygen atoms in total. The molecular formula is C21H23NO6. The highest BCUT2D eigenvalue weighted by Gasteiger charge is 2.42. The lowest BCUT2D eigenvalue weighted by molar-refractivity contribution is -0.181. The van der Waals surface area contributed by atoms with Crippen molar-refractivity contribution in [1.82, 2.24) is 5.32 Å². The van der Waals surface area contributed by atoms with Crippen molar-refractivity contribution in [2.75, 3.05) is 34.7 Å². The summed E-state index contributed by atoms with van der Waals surface area (Å²) in [6.45, 7) is 1.03. The predicted molar refractivity (Wildman–Crippen MR) is 100 cm³/mol. The molecule has 0 unspecified atom stereocenters. The normalized spacial score (nSPS) is 24.6. The van der Waals surface area contributed by atoms with Crippen LogP contribution in [0.15, 0.2) is 24.3 Å². The van der Waals surface area contributed by atoms with E-state index in [0.717, 1.165) is 41.2 Å². The fraction of sp³-hybridized carbons (Fsp3) is 0.429. The van der Waals surface area contributed by atoms with Gasteiger partial charge in [-0.2, -0.15) is 0 Å². The van der Waals surface area contributed by atoms with Crippen molar-refractivity contribution < 1.29 is 28.4 Å². The summed E-state index contributed by atoms with van der Waals surface area (Å²) in [5.41, 5.74) is 4.26. The van der Waals surface area contributed by atoms with Crippen molar-refractivity contribution in [1.29, 1.82) is 0 Å². The Morgan fingerprint density at radius 3 is 2.61 bits per heavy atom. The molecule has 28 heavy (non-hydrogen) atoms. The second kappa shape index (κ2) is 6.84. The molecule has 0 spiro atoms. The van der Waals surface area contributed by atoms with Gasteiger partial charge in [0, 0.05) is 7.11 Å². The quantitative estimate of drug-likeness (QED) is 0.871. The van der Waals surface area contributed by atoms with Crippen molar-refractivity contribution in [2.45, 2.75) is 24.9 Å². The molecule has 0 radical (unpaired) electrons. The first kappa shape index (κ1) is 17.6. The van der Waals surface area contributed by atoms with E-state index in [1.807, 2.05) is 18.2 Å². The van der Waals surface area contributed by atoms with Crippen LogP contribution >= 0.6 is 0 Å². The summed E-state index contributed by atoms with van der Waals surface area (Å²) in [7, 11) is 4.94. The van der Waals surface area contributed by atoms with E-state index in [-0.39, 0.29) is 18.9 Å². The van der Waals surface area contributed by atoms with Gasteiger partial charge in [0.1, 0.15) is 6.10 Å². The summed E-state index contributed by atoms with van der Waals surface area (Å²) in [4.78, 5) is 0. The second-order valence-electron chi connectivity index (χ2n) is 7.01. The average Bonchev–Trinajstić information content (AvgIpc) is 3.14. The summed E-state index contributed by atoms with van der Waals surface area (Å²) in [5, 5.41) is 3.64. The molecule has 1 N–H and O–H groups in total. The summed E-state index contributed by atoms with van der Waals surface area (Å²) in [6, 6.07) is 8.06. The number of ether oxygens (including phenoxy) is 6. The monoisotopic (exact) mass is 385 g/mol. The minimum absolute atomic E-state index is 0.0322. The van der Waals surface area contributed by atoms with Crippen molar-refractivity contribution in [3.05, 3.63) is 46.5 Å².